The lowest BCUT2D eigenvalue weighted by Gasteiger charge is -2.30. The van der Waals surface area contributed by atoms with Crippen LogP contribution < -0.4 is 5.32 Å². The molecule has 1 heterocycles. The summed E-state index contributed by atoms with van der Waals surface area (Å²) in [4.78, 5) is 27.7. The van der Waals surface area contributed by atoms with Crippen LogP contribution in [0.1, 0.15) is 18.4 Å². The van der Waals surface area contributed by atoms with Gasteiger partial charge in [0.25, 0.3) is 0 Å². The van der Waals surface area contributed by atoms with E-state index >= 15 is 0 Å². The maximum absolute atomic E-state index is 12.4. The van der Waals surface area contributed by atoms with Gasteiger partial charge in [-0.3, -0.25) is 9.59 Å². The second-order valence-corrected chi connectivity index (χ2v) is 7.96. The number of hydrogen-bond acceptors (Lipinski definition) is 3. The van der Waals surface area contributed by atoms with Gasteiger partial charge in [-0.1, -0.05) is 48.5 Å². The number of likely N-dealkylation sites (tertiary alicyclic amines) is 1. The number of piperidine rings is 1. The lowest BCUT2D eigenvalue weighted by atomic mass is 9.96. The minimum absolute atomic E-state index is 0.00359. The Morgan fingerprint density at radius 3 is 2.32 bits per heavy atom. The van der Waals surface area contributed by atoms with Crippen molar-refractivity contribution in [2.24, 2.45) is 5.92 Å². The summed E-state index contributed by atoms with van der Waals surface area (Å²) < 4.78 is 0. The van der Waals surface area contributed by atoms with Crippen molar-refractivity contribution in [3.05, 3.63) is 72.3 Å². The van der Waals surface area contributed by atoms with Crippen LogP contribution in [0, 0.1) is 5.92 Å². The number of nitrogens with zero attached hydrogens (tertiary/aromatic N) is 1. The van der Waals surface area contributed by atoms with Gasteiger partial charge in [-0.2, -0.15) is 0 Å². The molecule has 2 amide bonds. The summed E-state index contributed by atoms with van der Waals surface area (Å²) >= 11 is 1.74. The monoisotopic (exact) mass is 394 g/mol. The number of carbonyl (C=O) groups excluding carboxylic acids is 2. The third kappa shape index (κ3) is 6.27. The summed E-state index contributed by atoms with van der Waals surface area (Å²) in [5.41, 5.74) is 1.01. The third-order valence-electron chi connectivity index (χ3n) is 4.81. The van der Waals surface area contributed by atoms with Crippen molar-refractivity contribution in [2.75, 3.05) is 25.4 Å². The Bertz CT molecular complexity index is 785. The number of carbonyl (C=O) groups is 2. The van der Waals surface area contributed by atoms with Crippen LogP contribution in [0.5, 0.6) is 0 Å². The fourth-order valence-electron chi connectivity index (χ4n) is 3.20. The van der Waals surface area contributed by atoms with E-state index in [9.17, 15) is 9.59 Å². The van der Waals surface area contributed by atoms with E-state index < -0.39 is 0 Å². The van der Waals surface area contributed by atoms with Crippen LogP contribution in [0.15, 0.2) is 71.6 Å². The molecule has 5 heteroatoms. The number of amides is 2. The second-order valence-electron chi connectivity index (χ2n) is 6.80. The van der Waals surface area contributed by atoms with Gasteiger partial charge in [0.2, 0.25) is 11.8 Å². The van der Waals surface area contributed by atoms with E-state index in [1.54, 1.807) is 17.8 Å². The molecule has 28 heavy (non-hydrogen) atoms. The van der Waals surface area contributed by atoms with Gasteiger partial charge in [0.05, 0.1) is 0 Å². The van der Waals surface area contributed by atoms with Crippen molar-refractivity contribution in [1.82, 2.24) is 10.2 Å². The molecule has 146 valence electrons. The third-order valence-corrected chi connectivity index (χ3v) is 5.82. The molecular formula is C23H26N2O2S. The maximum Gasteiger partial charge on any atom is 0.246 e. The van der Waals surface area contributed by atoms with Gasteiger partial charge in [-0.15, -0.1) is 11.8 Å². The summed E-state index contributed by atoms with van der Waals surface area (Å²) in [7, 11) is 0. The molecule has 1 saturated heterocycles. The predicted molar refractivity (Wildman–Crippen MR) is 115 cm³/mol. The molecule has 0 spiro atoms. The largest absolute Gasteiger partial charge is 0.355 e. The van der Waals surface area contributed by atoms with E-state index in [1.807, 2.05) is 59.5 Å². The van der Waals surface area contributed by atoms with E-state index in [0.29, 0.717) is 19.6 Å². The molecule has 1 N–H and O–H groups in total. The van der Waals surface area contributed by atoms with Crippen LogP contribution in [0.2, 0.25) is 0 Å². The molecule has 1 aliphatic rings. The standard InChI is InChI=1S/C23H26N2O2S/c26-22(12-11-19-7-3-1-4-8-19)25-16-13-20(14-17-25)23(27)24-15-18-28-21-9-5-2-6-10-21/h1-12,20H,13-18H2,(H,24,27)/b12-11+. The first-order valence-electron chi connectivity index (χ1n) is 9.70. The van der Waals surface area contributed by atoms with Gasteiger partial charge in [-0.25, -0.2) is 0 Å². The molecule has 0 aliphatic carbocycles. The van der Waals surface area contributed by atoms with Crippen LogP contribution in [0.4, 0.5) is 0 Å². The molecule has 1 fully saturated rings. The first-order valence-corrected chi connectivity index (χ1v) is 10.7. The van der Waals surface area contributed by atoms with E-state index in [2.05, 4.69) is 17.4 Å². The van der Waals surface area contributed by atoms with Crippen molar-refractivity contribution in [3.63, 3.8) is 0 Å². The molecule has 3 rings (SSSR count). The molecule has 1 aliphatic heterocycles. The highest BCUT2D eigenvalue weighted by Crippen LogP contribution is 2.19. The van der Waals surface area contributed by atoms with Gasteiger partial charge in [0.15, 0.2) is 0 Å². The Kier molecular flexibility index (Phi) is 7.73. The molecule has 4 nitrogen and oxygen atoms in total. The van der Waals surface area contributed by atoms with Crippen LogP contribution in [-0.4, -0.2) is 42.1 Å². The topological polar surface area (TPSA) is 49.4 Å². The van der Waals surface area contributed by atoms with E-state index in [4.69, 9.17) is 0 Å². The fourth-order valence-corrected chi connectivity index (χ4v) is 3.99. The number of rotatable bonds is 7. The van der Waals surface area contributed by atoms with Gasteiger partial charge < -0.3 is 10.2 Å². The Hall–Kier alpha value is -2.53. The summed E-state index contributed by atoms with van der Waals surface area (Å²) in [5.74, 6) is 0.989. The summed E-state index contributed by atoms with van der Waals surface area (Å²) in [6.45, 7) is 1.93. The first-order chi connectivity index (χ1) is 13.7. The van der Waals surface area contributed by atoms with Crippen LogP contribution in [-0.2, 0) is 9.59 Å². The van der Waals surface area contributed by atoms with Gasteiger partial charge >= 0.3 is 0 Å². The minimum atomic E-state index is 0.00359. The Morgan fingerprint density at radius 1 is 1.00 bits per heavy atom. The zero-order valence-corrected chi connectivity index (χ0v) is 16.7. The zero-order chi connectivity index (χ0) is 19.6. The zero-order valence-electron chi connectivity index (χ0n) is 15.9. The van der Waals surface area contributed by atoms with Crippen molar-refractivity contribution < 1.29 is 9.59 Å². The highest BCUT2D eigenvalue weighted by atomic mass is 32.2. The fraction of sp³-hybridized carbons (Fsp3) is 0.304. The highest BCUT2D eigenvalue weighted by Gasteiger charge is 2.26. The van der Waals surface area contributed by atoms with Gasteiger partial charge in [-0.05, 0) is 36.6 Å². The quantitative estimate of drug-likeness (QED) is 0.441. The average molecular weight is 395 g/mol. The van der Waals surface area contributed by atoms with Crippen LogP contribution >= 0.6 is 11.8 Å². The number of hydrogen-bond donors (Lipinski definition) is 1. The average Bonchev–Trinajstić information content (AvgIpc) is 2.76. The Morgan fingerprint density at radius 2 is 1.64 bits per heavy atom. The lowest BCUT2D eigenvalue weighted by molar-refractivity contribution is -0.132. The molecule has 0 unspecified atom stereocenters. The molecule has 0 saturated carbocycles. The van der Waals surface area contributed by atoms with Crippen molar-refractivity contribution >= 4 is 29.7 Å². The molecule has 2 aromatic carbocycles. The minimum Gasteiger partial charge on any atom is -0.355 e. The normalized spacial score (nSPS) is 14.9. The smallest absolute Gasteiger partial charge is 0.246 e. The maximum atomic E-state index is 12.4. The molecule has 0 atom stereocenters. The number of thioether (sulfide) groups is 1. The highest BCUT2D eigenvalue weighted by molar-refractivity contribution is 7.99. The molecular weight excluding hydrogens is 368 g/mol. The number of benzene rings is 2. The summed E-state index contributed by atoms with van der Waals surface area (Å²) in [6, 6.07) is 20.0. The SMILES string of the molecule is O=C(NCCSc1ccccc1)C1CCN(C(=O)/C=C/c2ccccc2)CC1. The van der Waals surface area contributed by atoms with Crippen molar-refractivity contribution in [3.8, 4) is 0 Å². The molecule has 0 bridgehead atoms. The second kappa shape index (κ2) is 10.7. The van der Waals surface area contributed by atoms with Crippen molar-refractivity contribution in [1.29, 1.82) is 0 Å². The molecule has 2 aromatic rings. The summed E-state index contributed by atoms with van der Waals surface area (Å²) in [6.07, 6.45) is 4.91. The van der Waals surface area contributed by atoms with E-state index in [0.717, 1.165) is 24.2 Å². The molecule has 0 radical (unpaired) electrons. The lowest BCUT2D eigenvalue weighted by Crippen LogP contribution is -2.42. The Labute approximate surface area is 171 Å². The van der Waals surface area contributed by atoms with E-state index in [1.165, 1.54) is 4.90 Å². The summed E-state index contributed by atoms with van der Waals surface area (Å²) in [5, 5.41) is 3.04. The Balaban J connectivity index is 1.35. The van der Waals surface area contributed by atoms with Gasteiger partial charge in [0, 0.05) is 42.3 Å². The first kappa shape index (κ1) is 20.2. The molecule has 0 aromatic heterocycles. The predicted octanol–water partition coefficient (Wildman–Crippen LogP) is 3.85. The number of nitrogens with one attached hydrogen (secondary N) is 1. The van der Waals surface area contributed by atoms with Gasteiger partial charge in [0.1, 0.15) is 0 Å². The van der Waals surface area contributed by atoms with Crippen LogP contribution in [0.3, 0.4) is 0 Å². The van der Waals surface area contributed by atoms with E-state index in [-0.39, 0.29) is 17.7 Å². The van der Waals surface area contributed by atoms with Crippen LogP contribution in [0.25, 0.3) is 6.08 Å². The van der Waals surface area contributed by atoms with Crippen molar-refractivity contribution in [2.45, 2.75) is 17.7 Å².